The molecule has 1 atom stereocenters. The Morgan fingerprint density at radius 3 is 2.53 bits per heavy atom. The van der Waals surface area contributed by atoms with E-state index in [9.17, 15) is 9.18 Å². The number of amides is 1. The van der Waals surface area contributed by atoms with Gasteiger partial charge < -0.3 is 11.1 Å². The molecule has 0 aliphatic heterocycles. The van der Waals surface area contributed by atoms with Crippen LogP contribution >= 0.6 is 11.6 Å². The number of halogens is 2. The van der Waals surface area contributed by atoms with E-state index in [1.54, 1.807) is 0 Å². The topological polar surface area (TPSA) is 55.1 Å². The number of carbonyl (C=O) groups excluding carboxylic acids is 1. The molecule has 1 aromatic carbocycles. The van der Waals surface area contributed by atoms with Crippen molar-refractivity contribution < 1.29 is 9.18 Å². The molecule has 5 heteroatoms. The predicted octanol–water partition coefficient (Wildman–Crippen LogP) is 2.79. The van der Waals surface area contributed by atoms with Crippen LogP contribution in [0.25, 0.3) is 0 Å². The molecule has 0 bridgehead atoms. The van der Waals surface area contributed by atoms with Gasteiger partial charge >= 0.3 is 0 Å². The van der Waals surface area contributed by atoms with Gasteiger partial charge in [-0.25, -0.2) is 4.39 Å². The summed E-state index contributed by atoms with van der Waals surface area (Å²) in [7, 11) is 0. The summed E-state index contributed by atoms with van der Waals surface area (Å²) in [5.41, 5.74) is 5.77. The van der Waals surface area contributed by atoms with Crippen LogP contribution in [0.2, 0.25) is 5.02 Å². The zero-order valence-corrected chi connectivity index (χ0v) is 10.8. The van der Waals surface area contributed by atoms with Crippen molar-refractivity contribution in [3.63, 3.8) is 0 Å². The first-order valence-electron chi connectivity index (χ1n) is 5.23. The van der Waals surface area contributed by atoms with E-state index in [0.717, 1.165) is 6.07 Å². The second-order valence-electron chi connectivity index (χ2n) is 4.96. The number of anilines is 1. The van der Waals surface area contributed by atoms with Crippen molar-refractivity contribution in [3.8, 4) is 0 Å². The van der Waals surface area contributed by atoms with Gasteiger partial charge in [0.1, 0.15) is 5.82 Å². The highest BCUT2D eigenvalue weighted by Gasteiger charge is 2.27. The van der Waals surface area contributed by atoms with E-state index in [1.807, 2.05) is 20.8 Å². The highest BCUT2D eigenvalue weighted by Crippen LogP contribution is 2.21. The Balaban J connectivity index is 2.78. The van der Waals surface area contributed by atoms with Crippen LogP contribution in [0.15, 0.2) is 18.2 Å². The minimum Gasteiger partial charge on any atom is -0.325 e. The molecule has 0 radical (unpaired) electrons. The van der Waals surface area contributed by atoms with Crippen molar-refractivity contribution in [2.45, 2.75) is 26.8 Å². The van der Waals surface area contributed by atoms with Gasteiger partial charge in [-0.2, -0.15) is 0 Å². The lowest BCUT2D eigenvalue weighted by molar-refractivity contribution is -0.119. The highest BCUT2D eigenvalue weighted by atomic mass is 35.5. The summed E-state index contributed by atoms with van der Waals surface area (Å²) in [6, 6.07) is 3.41. The zero-order valence-electron chi connectivity index (χ0n) is 10.1. The lowest BCUT2D eigenvalue weighted by Crippen LogP contribution is -2.45. The molecule has 0 aliphatic rings. The summed E-state index contributed by atoms with van der Waals surface area (Å²) in [6.07, 6.45) is 0. The molecule has 3 nitrogen and oxygen atoms in total. The number of nitrogens with two attached hydrogens (primary N) is 1. The van der Waals surface area contributed by atoms with Crippen LogP contribution in [0.3, 0.4) is 0 Å². The lowest BCUT2D eigenvalue weighted by Gasteiger charge is -2.25. The molecule has 0 saturated heterocycles. The van der Waals surface area contributed by atoms with Crippen LogP contribution in [0.5, 0.6) is 0 Å². The molecule has 0 heterocycles. The number of hydrogen-bond donors (Lipinski definition) is 2. The average molecular weight is 259 g/mol. The van der Waals surface area contributed by atoms with Crippen molar-refractivity contribution in [1.82, 2.24) is 0 Å². The molecule has 0 spiro atoms. The Kier molecular flexibility index (Phi) is 4.11. The van der Waals surface area contributed by atoms with Gasteiger partial charge in [-0.05, 0) is 23.6 Å². The Morgan fingerprint density at radius 2 is 2.06 bits per heavy atom. The van der Waals surface area contributed by atoms with Crippen LogP contribution in [-0.2, 0) is 4.79 Å². The lowest BCUT2D eigenvalue weighted by atomic mass is 9.87. The fraction of sp³-hybridized carbons (Fsp3) is 0.417. The second kappa shape index (κ2) is 5.02. The van der Waals surface area contributed by atoms with E-state index in [0.29, 0.717) is 5.69 Å². The van der Waals surface area contributed by atoms with Crippen molar-refractivity contribution in [2.75, 3.05) is 5.32 Å². The van der Waals surface area contributed by atoms with E-state index >= 15 is 0 Å². The normalized spacial score (nSPS) is 13.3. The maximum atomic E-state index is 13.2. The first kappa shape index (κ1) is 13.9. The first-order valence-corrected chi connectivity index (χ1v) is 5.61. The maximum absolute atomic E-state index is 13.2. The molecule has 0 aromatic heterocycles. The predicted molar refractivity (Wildman–Crippen MR) is 67.5 cm³/mol. The molecule has 0 saturated carbocycles. The number of carbonyl (C=O) groups is 1. The third-order valence-electron chi connectivity index (χ3n) is 2.40. The summed E-state index contributed by atoms with van der Waals surface area (Å²) in [6.45, 7) is 5.58. The Bertz CT molecular complexity index is 429. The molecule has 1 aromatic rings. The monoisotopic (exact) mass is 258 g/mol. The third-order valence-corrected chi connectivity index (χ3v) is 2.71. The molecule has 0 aliphatic carbocycles. The van der Waals surface area contributed by atoms with Crippen LogP contribution in [0.1, 0.15) is 20.8 Å². The number of rotatable bonds is 2. The molecule has 17 heavy (non-hydrogen) atoms. The first-order chi connectivity index (χ1) is 7.71. The maximum Gasteiger partial charge on any atom is 0.241 e. The van der Waals surface area contributed by atoms with Gasteiger partial charge in [-0.1, -0.05) is 32.4 Å². The van der Waals surface area contributed by atoms with Crippen molar-refractivity contribution in [1.29, 1.82) is 0 Å². The van der Waals surface area contributed by atoms with Gasteiger partial charge in [0.15, 0.2) is 0 Å². The van der Waals surface area contributed by atoms with Crippen molar-refractivity contribution >= 4 is 23.2 Å². The number of benzene rings is 1. The molecule has 0 fully saturated rings. The molecule has 3 N–H and O–H groups in total. The van der Waals surface area contributed by atoms with Crippen LogP contribution < -0.4 is 11.1 Å². The van der Waals surface area contributed by atoms with Crippen molar-refractivity contribution in [3.05, 3.63) is 29.0 Å². The van der Waals surface area contributed by atoms with E-state index in [1.165, 1.54) is 12.1 Å². The molecule has 1 amide bonds. The fourth-order valence-electron chi connectivity index (χ4n) is 1.19. The van der Waals surface area contributed by atoms with Gasteiger partial charge in [0.25, 0.3) is 0 Å². The summed E-state index contributed by atoms with van der Waals surface area (Å²) in [4.78, 5) is 11.8. The Morgan fingerprint density at radius 1 is 1.47 bits per heavy atom. The minimum absolute atomic E-state index is 0.0168. The SMILES string of the molecule is CC(C)(C)[C@@H](N)C(=O)Nc1ccc(Cl)c(F)c1. The molecular formula is C12H16ClFN2O. The van der Waals surface area contributed by atoms with Crippen molar-refractivity contribution in [2.24, 2.45) is 11.1 Å². The summed E-state index contributed by atoms with van der Waals surface area (Å²) in [5, 5.41) is 2.57. The van der Waals surface area contributed by atoms with Crippen LogP contribution in [-0.4, -0.2) is 11.9 Å². The Labute approximate surface area is 105 Å². The molecule has 1 rings (SSSR count). The summed E-state index contributed by atoms with van der Waals surface area (Å²) in [5.74, 6) is -0.923. The highest BCUT2D eigenvalue weighted by molar-refractivity contribution is 6.30. The Hall–Kier alpha value is -1.13. The minimum atomic E-state index is -0.666. The van der Waals surface area contributed by atoms with E-state index in [-0.39, 0.29) is 16.3 Å². The number of hydrogen-bond acceptors (Lipinski definition) is 2. The summed E-state index contributed by atoms with van der Waals surface area (Å²) >= 11 is 5.54. The van der Waals surface area contributed by atoms with E-state index in [2.05, 4.69) is 5.32 Å². The fourth-order valence-corrected chi connectivity index (χ4v) is 1.30. The van der Waals surface area contributed by atoms with Crippen LogP contribution in [0, 0.1) is 11.2 Å². The van der Waals surface area contributed by atoms with Gasteiger partial charge in [-0.3, -0.25) is 4.79 Å². The molecular weight excluding hydrogens is 243 g/mol. The van der Waals surface area contributed by atoms with Crippen LogP contribution in [0.4, 0.5) is 10.1 Å². The second-order valence-corrected chi connectivity index (χ2v) is 5.37. The quantitative estimate of drug-likeness (QED) is 0.857. The van der Waals surface area contributed by atoms with Gasteiger partial charge in [0.2, 0.25) is 5.91 Å². The van der Waals surface area contributed by atoms with Gasteiger partial charge in [0.05, 0.1) is 11.1 Å². The van der Waals surface area contributed by atoms with Gasteiger partial charge in [0, 0.05) is 5.69 Å². The van der Waals surface area contributed by atoms with E-state index < -0.39 is 11.9 Å². The average Bonchev–Trinajstić information content (AvgIpc) is 2.21. The third kappa shape index (κ3) is 3.68. The molecule has 94 valence electrons. The zero-order chi connectivity index (χ0) is 13.2. The number of nitrogens with one attached hydrogen (secondary N) is 1. The standard InChI is InChI=1S/C12H16ClFN2O/c1-12(2,3)10(15)11(17)16-7-4-5-8(13)9(14)6-7/h4-6,10H,15H2,1-3H3,(H,16,17)/t10-/m0/s1. The molecule has 0 unspecified atom stereocenters. The van der Waals surface area contributed by atoms with E-state index in [4.69, 9.17) is 17.3 Å². The largest absolute Gasteiger partial charge is 0.325 e. The summed E-state index contributed by atoms with van der Waals surface area (Å²) < 4.78 is 13.2. The van der Waals surface area contributed by atoms with Gasteiger partial charge in [-0.15, -0.1) is 0 Å². The smallest absolute Gasteiger partial charge is 0.241 e.